The van der Waals surface area contributed by atoms with Gasteiger partial charge in [0.1, 0.15) is 0 Å². The van der Waals surface area contributed by atoms with Crippen molar-refractivity contribution in [2.75, 3.05) is 19.7 Å². The van der Waals surface area contributed by atoms with Crippen molar-refractivity contribution in [3.63, 3.8) is 0 Å². The Morgan fingerprint density at radius 1 is 1.15 bits per heavy atom. The number of aliphatic hydroxyl groups is 1. The van der Waals surface area contributed by atoms with E-state index in [4.69, 9.17) is 5.11 Å². The predicted molar refractivity (Wildman–Crippen MR) is 84.9 cm³/mol. The molecule has 2 aliphatic rings. The second-order valence-corrected chi connectivity index (χ2v) is 7.07. The van der Waals surface area contributed by atoms with E-state index >= 15 is 0 Å². The highest BCUT2D eigenvalue weighted by Gasteiger charge is 2.30. The fourth-order valence-electron chi connectivity index (χ4n) is 4.12. The molecule has 0 amide bonds. The van der Waals surface area contributed by atoms with Gasteiger partial charge in [0.05, 0.1) is 0 Å². The summed E-state index contributed by atoms with van der Waals surface area (Å²) in [5.41, 5.74) is 0. The van der Waals surface area contributed by atoms with Crippen LogP contribution in [0.5, 0.6) is 0 Å². The van der Waals surface area contributed by atoms with Gasteiger partial charge in [0, 0.05) is 24.7 Å². The van der Waals surface area contributed by atoms with E-state index in [9.17, 15) is 0 Å². The van der Waals surface area contributed by atoms with Crippen molar-refractivity contribution in [3.8, 4) is 0 Å². The van der Waals surface area contributed by atoms with Gasteiger partial charge in [0.15, 0.2) is 0 Å². The van der Waals surface area contributed by atoms with Crippen molar-refractivity contribution in [1.29, 1.82) is 0 Å². The first-order chi connectivity index (χ1) is 9.70. The molecule has 2 fully saturated rings. The molecule has 1 saturated heterocycles. The highest BCUT2D eigenvalue weighted by Crippen LogP contribution is 2.30. The molecule has 0 bridgehead atoms. The molecule has 1 heterocycles. The van der Waals surface area contributed by atoms with Gasteiger partial charge in [-0.1, -0.05) is 19.8 Å². The van der Waals surface area contributed by atoms with Gasteiger partial charge in [-0.05, 0) is 64.5 Å². The summed E-state index contributed by atoms with van der Waals surface area (Å²) in [5.74, 6) is 0.900. The number of hydrogen-bond donors (Lipinski definition) is 2. The zero-order chi connectivity index (χ0) is 14.4. The van der Waals surface area contributed by atoms with Crippen LogP contribution < -0.4 is 5.32 Å². The Hall–Kier alpha value is -0.120. The van der Waals surface area contributed by atoms with Crippen LogP contribution in [0.1, 0.15) is 65.2 Å². The molecule has 0 spiro atoms. The number of rotatable bonds is 6. The largest absolute Gasteiger partial charge is 0.396 e. The van der Waals surface area contributed by atoms with Gasteiger partial charge >= 0.3 is 0 Å². The quantitative estimate of drug-likeness (QED) is 0.786. The lowest BCUT2D eigenvalue weighted by molar-refractivity contribution is 0.0796. The fraction of sp³-hybridized carbons (Fsp3) is 1.00. The van der Waals surface area contributed by atoms with E-state index in [1.807, 2.05) is 0 Å². The van der Waals surface area contributed by atoms with E-state index in [2.05, 4.69) is 24.1 Å². The minimum Gasteiger partial charge on any atom is -0.396 e. The zero-order valence-corrected chi connectivity index (χ0v) is 13.5. The summed E-state index contributed by atoms with van der Waals surface area (Å²) < 4.78 is 0. The zero-order valence-electron chi connectivity index (χ0n) is 13.5. The lowest BCUT2D eigenvalue weighted by Crippen LogP contribution is -2.50. The van der Waals surface area contributed by atoms with Crippen LogP contribution in [0.15, 0.2) is 0 Å². The lowest BCUT2D eigenvalue weighted by atomic mass is 9.84. The van der Waals surface area contributed by atoms with Crippen molar-refractivity contribution in [1.82, 2.24) is 10.2 Å². The second-order valence-electron chi connectivity index (χ2n) is 7.07. The molecule has 0 aromatic heterocycles. The third-order valence-electron chi connectivity index (χ3n) is 5.38. The first-order valence-corrected chi connectivity index (χ1v) is 8.81. The molecule has 0 aromatic carbocycles. The van der Waals surface area contributed by atoms with Crippen LogP contribution in [-0.4, -0.2) is 47.8 Å². The van der Waals surface area contributed by atoms with Crippen LogP contribution in [0, 0.1) is 5.92 Å². The average molecular weight is 282 g/mol. The number of aliphatic hydroxyl groups excluding tert-OH is 1. The van der Waals surface area contributed by atoms with Gasteiger partial charge in [0.25, 0.3) is 0 Å². The lowest BCUT2D eigenvalue weighted by Gasteiger charge is -2.43. The smallest absolute Gasteiger partial charge is 0.0431 e. The molecule has 0 radical (unpaired) electrons. The Kier molecular flexibility index (Phi) is 6.79. The van der Waals surface area contributed by atoms with Crippen LogP contribution in [0.2, 0.25) is 0 Å². The van der Waals surface area contributed by atoms with E-state index in [-0.39, 0.29) is 0 Å². The molecule has 3 atom stereocenters. The van der Waals surface area contributed by atoms with Gasteiger partial charge < -0.3 is 15.3 Å². The molecule has 2 N–H and O–H groups in total. The summed E-state index contributed by atoms with van der Waals surface area (Å²) in [5, 5.41) is 12.6. The maximum Gasteiger partial charge on any atom is 0.0431 e. The highest BCUT2D eigenvalue weighted by molar-refractivity contribution is 4.86. The molecule has 1 aliphatic heterocycles. The number of likely N-dealkylation sites (tertiary alicyclic amines) is 1. The van der Waals surface area contributed by atoms with Crippen molar-refractivity contribution in [2.24, 2.45) is 5.92 Å². The summed E-state index contributed by atoms with van der Waals surface area (Å²) in [6, 6.07) is 2.10. The van der Waals surface area contributed by atoms with Crippen LogP contribution in [0.3, 0.4) is 0 Å². The Bertz CT molecular complexity index is 264. The van der Waals surface area contributed by atoms with Gasteiger partial charge in [-0.3, -0.25) is 0 Å². The topological polar surface area (TPSA) is 35.5 Å². The first kappa shape index (κ1) is 16.3. The van der Waals surface area contributed by atoms with E-state index < -0.39 is 0 Å². The summed E-state index contributed by atoms with van der Waals surface area (Å²) >= 11 is 0. The third-order valence-corrected chi connectivity index (χ3v) is 5.38. The molecular formula is C17H34N2O. The number of nitrogens with one attached hydrogen (secondary N) is 1. The van der Waals surface area contributed by atoms with Crippen molar-refractivity contribution in [2.45, 2.75) is 83.3 Å². The monoisotopic (exact) mass is 282 g/mol. The summed E-state index contributed by atoms with van der Waals surface area (Å²) in [6.07, 6.45) is 10.3. The van der Waals surface area contributed by atoms with Crippen LogP contribution >= 0.6 is 0 Å². The van der Waals surface area contributed by atoms with Gasteiger partial charge in [-0.15, -0.1) is 0 Å². The number of piperidine rings is 1. The van der Waals surface area contributed by atoms with Gasteiger partial charge in [0.2, 0.25) is 0 Å². The van der Waals surface area contributed by atoms with Gasteiger partial charge in [-0.25, -0.2) is 0 Å². The third kappa shape index (κ3) is 4.71. The minimum absolute atomic E-state index is 0.323. The van der Waals surface area contributed by atoms with Crippen LogP contribution in [0.4, 0.5) is 0 Å². The predicted octanol–water partition coefficient (Wildman–Crippen LogP) is 2.78. The average Bonchev–Trinajstić information content (AvgIpc) is 2.47. The molecular weight excluding hydrogens is 248 g/mol. The highest BCUT2D eigenvalue weighted by atomic mass is 16.2. The van der Waals surface area contributed by atoms with Crippen molar-refractivity contribution in [3.05, 3.63) is 0 Å². The van der Waals surface area contributed by atoms with Gasteiger partial charge in [-0.2, -0.15) is 0 Å². The number of hydrogen-bond acceptors (Lipinski definition) is 3. The Balaban J connectivity index is 1.69. The van der Waals surface area contributed by atoms with E-state index in [1.54, 1.807) is 0 Å². The first-order valence-electron chi connectivity index (χ1n) is 8.81. The summed E-state index contributed by atoms with van der Waals surface area (Å²) in [6.45, 7) is 7.58. The number of nitrogens with zero attached hydrogens (tertiary/aromatic N) is 1. The minimum atomic E-state index is 0.323. The molecule has 0 aromatic rings. The van der Waals surface area contributed by atoms with E-state index in [1.165, 1.54) is 51.6 Å². The Morgan fingerprint density at radius 3 is 2.50 bits per heavy atom. The van der Waals surface area contributed by atoms with E-state index in [0.29, 0.717) is 18.7 Å². The molecule has 1 aliphatic carbocycles. The summed E-state index contributed by atoms with van der Waals surface area (Å²) in [7, 11) is 0. The summed E-state index contributed by atoms with van der Waals surface area (Å²) in [4.78, 5) is 2.76. The normalized spacial score (nSPS) is 31.4. The molecule has 20 heavy (non-hydrogen) atoms. The molecule has 118 valence electrons. The van der Waals surface area contributed by atoms with Crippen molar-refractivity contribution < 1.29 is 5.11 Å². The molecule has 3 nitrogen and oxygen atoms in total. The standard InChI is InChI=1S/C17H34N2O/c1-14-6-3-4-8-17(14)19-11-9-16(10-12-19)18-15(2)7-5-13-20/h14-18,20H,3-13H2,1-2H3. The molecule has 3 unspecified atom stereocenters. The molecule has 1 saturated carbocycles. The van der Waals surface area contributed by atoms with E-state index in [0.717, 1.165) is 24.8 Å². The molecule has 3 heteroatoms. The Morgan fingerprint density at radius 2 is 1.85 bits per heavy atom. The van der Waals surface area contributed by atoms with Crippen molar-refractivity contribution >= 4 is 0 Å². The van der Waals surface area contributed by atoms with Crippen LogP contribution in [-0.2, 0) is 0 Å². The SMILES string of the molecule is CC(CCCO)NC1CCN(C2CCCCC2C)CC1. The second kappa shape index (κ2) is 8.35. The maximum atomic E-state index is 8.89. The Labute approximate surface area is 125 Å². The van der Waals surface area contributed by atoms with Crippen LogP contribution in [0.25, 0.3) is 0 Å². The maximum absolute atomic E-state index is 8.89. The fourth-order valence-corrected chi connectivity index (χ4v) is 4.12. The molecule has 2 rings (SSSR count).